The molecule has 0 spiro atoms. The average molecular weight is 751 g/mol. The molecule has 0 radical (unpaired) electrons. The van der Waals surface area contributed by atoms with Gasteiger partial charge in [-0.25, -0.2) is 0 Å². The van der Waals surface area contributed by atoms with Crippen LogP contribution in [-0.4, -0.2) is 37.2 Å². The monoisotopic (exact) mass is 751 g/mol. The number of allylic oxidation sites excluding steroid dienone is 14. The second-order valence-electron chi connectivity index (χ2n) is 14.0. The standard InChI is InChI=1S/C48H78O6/c1-4-7-10-13-16-19-22-24-27-29-32-35-38-41-47(50)53-44-45(43-52-46(49)40-37-34-31-28-25-21-18-15-12-9-6-3)54-48(51)42-39-36-33-30-26-23-20-17-14-11-8-5-2/h7,10,13,15-20,22,24,27,29,32,45H,4-6,8-9,11-12,14,21,23,25-26,28,30-31,33-44H2,1-3H3/b10-7-,16-13-,18-15-,20-17-,22-19-,27-24-,32-29-. The number of carbonyl (C=O) groups excluding carboxylic acids is 3. The Kier molecular flexibility index (Phi) is 39.7. The molecule has 0 saturated heterocycles. The fourth-order valence-electron chi connectivity index (χ4n) is 5.44. The zero-order valence-electron chi connectivity index (χ0n) is 34.7. The van der Waals surface area contributed by atoms with E-state index < -0.39 is 6.10 Å². The number of hydrogen-bond acceptors (Lipinski definition) is 6. The lowest BCUT2D eigenvalue weighted by atomic mass is 10.1. The highest BCUT2D eigenvalue weighted by atomic mass is 16.6. The first-order valence-electron chi connectivity index (χ1n) is 21.7. The van der Waals surface area contributed by atoms with Crippen molar-refractivity contribution in [2.75, 3.05) is 13.2 Å². The maximum absolute atomic E-state index is 12.7. The molecule has 1 unspecified atom stereocenters. The molecular weight excluding hydrogens is 673 g/mol. The molecule has 0 saturated carbocycles. The van der Waals surface area contributed by atoms with E-state index in [9.17, 15) is 14.4 Å². The lowest BCUT2D eigenvalue weighted by Crippen LogP contribution is -2.30. The van der Waals surface area contributed by atoms with Gasteiger partial charge in [-0.2, -0.15) is 0 Å². The van der Waals surface area contributed by atoms with Crippen molar-refractivity contribution in [1.29, 1.82) is 0 Å². The molecule has 0 bridgehead atoms. The Balaban J connectivity index is 4.54. The molecule has 0 heterocycles. The van der Waals surface area contributed by atoms with Crippen molar-refractivity contribution in [3.63, 3.8) is 0 Å². The quantitative estimate of drug-likeness (QED) is 0.0207. The van der Waals surface area contributed by atoms with Crippen LogP contribution < -0.4 is 0 Å². The number of rotatable bonds is 37. The van der Waals surface area contributed by atoms with Crippen LogP contribution in [0.25, 0.3) is 0 Å². The summed E-state index contributed by atoms with van der Waals surface area (Å²) in [6.45, 7) is 6.32. The summed E-state index contributed by atoms with van der Waals surface area (Å²) in [5, 5.41) is 0. The third-order valence-electron chi connectivity index (χ3n) is 8.73. The lowest BCUT2D eigenvalue weighted by molar-refractivity contribution is -0.167. The molecule has 0 aliphatic rings. The van der Waals surface area contributed by atoms with Crippen LogP contribution in [0.3, 0.4) is 0 Å². The molecule has 0 N–H and O–H groups in total. The van der Waals surface area contributed by atoms with E-state index in [0.717, 1.165) is 77.0 Å². The van der Waals surface area contributed by atoms with Gasteiger partial charge in [0.2, 0.25) is 0 Å². The molecule has 1 atom stereocenters. The summed E-state index contributed by atoms with van der Waals surface area (Å²) in [5.74, 6) is -1.01. The second kappa shape index (κ2) is 42.3. The Morgan fingerprint density at radius 3 is 1.30 bits per heavy atom. The van der Waals surface area contributed by atoms with E-state index in [0.29, 0.717) is 19.3 Å². The summed E-state index contributed by atoms with van der Waals surface area (Å²) in [5.41, 5.74) is 0. The first-order valence-corrected chi connectivity index (χ1v) is 21.7. The minimum Gasteiger partial charge on any atom is -0.462 e. The van der Waals surface area contributed by atoms with Gasteiger partial charge in [-0.3, -0.25) is 14.4 Å². The zero-order valence-corrected chi connectivity index (χ0v) is 34.7. The maximum atomic E-state index is 12.7. The molecule has 0 aromatic carbocycles. The Morgan fingerprint density at radius 2 is 0.778 bits per heavy atom. The van der Waals surface area contributed by atoms with Crippen molar-refractivity contribution in [3.05, 3.63) is 85.1 Å². The molecule has 54 heavy (non-hydrogen) atoms. The Bertz CT molecular complexity index is 1090. The SMILES string of the molecule is CC\C=C/C=C\C=C/C=C\C=C/CCCC(=O)OCC(COC(=O)CCCCCCC/C=C\CCCC)OC(=O)CCCCCCC/C=C\CCCCC. The third-order valence-corrected chi connectivity index (χ3v) is 8.73. The van der Waals surface area contributed by atoms with Crippen LogP contribution >= 0.6 is 0 Å². The van der Waals surface area contributed by atoms with Crippen molar-refractivity contribution in [2.45, 2.75) is 187 Å². The van der Waals surface area contributed by atoms with Crippen LogP contribution in [0.2, 0.25) is 0 Å². The fraction of sp³-hybridized carbons (Fsp3) is 0.646. The van der Waals surface area contributed by atoms with E-state index in [-0.39, 0.29) is 37.5 Å². The van der Waals surface area contributed by atoms with Crippen LogP contribution in [0.1, 0.15) is 181 Å². The summed E-state index contributed by atoms with van der Waals surface area (Å²) < 4.78 is 16.6. The lowest BCUT2D eigenvalue weighted by Gasteiger charge is -2.18. The van der Waals surface area contributed by atoms with Gasteiger partial charge in [-0.05, 0) is 77.0 Å². The molecule has 0 amide bonds. The zero-order chi connectivity index (χ0) is 39.4. The highest BCUT2D eigenvalue weighted by Gasteiger charge is 2.19. The first-order chi connectivity index (χ1) is 26.5. The van der Waals surface area contributed by atoms with Crippen LogP contribution in [-0.2, 0) is 28.6 Å². The first kappa shape index (κ1) is 50.6. The normalized spacial score (nSPS) is 12.9. The smallest absolute Gasteiger partial charge is 0.306 e. The van der Waals surface area contributed by atoms with Gasteiger partial charge in [0.25, 0.3) is 0 Å². The topological polar surface area (TPSA) is 78.9 Å². The molecule has 0 aromatic heterocycles. The molecule has 6 heteroatoms. The predicted molar refractivity (Wildman–Crippen MR) is 228 cm³/mol. The van der Waals surface area contributed by atoms with Crippen LogP contribution in [0.4, 0.5) is 0 Å². The molecular formula is C48H78O6. The number of ether oxygens (including phenoxy) is 3. The highest BCUT2D eigenvalue weighted by Crippen LogP contribution is 2.12. The molecule has 0 aliphatic heterocycles. The van der Waals surface area contributed by atoms with Gasteiger partial charge in [0.15, 0.2) is 6.10 Å². The summed E-state index contributed by atoms with van der Waals surface area (Å²) in [4.78, 5) is 37.6. The van der Waals surface area contributed by atoms with Crippen LogP contribution in [0.5, 0.6) is 0 Å². The van der Waals surface area contributed by atoms with Crippen molar-refractivity contribution >= 4 is 17.9 Å². The van der Waals surface area contributed by atoms with Gasteiger partial charge in [-0.1, -0.05) is 170 Å². The van der Waals surface area contributed by atoms with Crippen molar-refractivity contribution in [1.82, 2.24) is 0 Å². The van der Waals surface area contributed by atoms with E-state index in [1.807, 2.05) is 54.7 Å². The number of unbranched alkanes of at least 4 members (excludes halogenated alkanes) is 16. The van der Waals surface area contributed by atoms with Gasteiger partial charge in [0, 0.05) is 19.3 Å². The number of hydrogen-bond donors (Lipinski definition) is 0. The molecule has 0 aromatic rings. The molecule has 0 rings (SSSR count). The van der Waals surface area contributed by atoms with E-state index in [2.05, 4.69) is 51.2 Å². The average Bonchev–Trinajstić information content (AvgIpc) is 3.17. The van der Waals surface area contributed by atoms with E-state index in [4.69, 9.17) is 14.2 Å². The van der Waals surface area contributed by atoms with Gasteiger partial charge < -0.3 is 14.2 Å². The molecule has 6 nitrogen and oxygen atoms in total. The third kappa shape index (κ3) is 39.8. The fourth-order valence-corrected chi connectivity index (χ4v) is 5.44. The minimum atomic E-state index is -0.810. The van der Waals surface area contributed by atoms with Crippen LogP contribution in [0, 0.1) is 0 Å². The number of carbonyl (C=O) groups is 3. The van der Waals surface area contributed by atoms with E-state index >= 15 is 0 Å². The molecule has 0 aliphatic carbocycles. The predicted octanol–water partition coefficient (Wildman–Crippen LogP) is 13.7. The Morgan fingerprint density at radius 1 is 0.389 bits per heavy atom. The van der Waals surface area contributed by atoms with Crippen molar-refractivity contribution in [3.8, 4) is 0 Å². The maximum Gasteiger partial charge on any atom is 0.306 e. The van der Waals surface area contributed by atoms with Gasteiger partial charge in [0.1, 0.15) is 13.2 Å². The summed E-state index contributed by atoms with van der Waals surface area (Å²) in [6, 6.07) is 0. The Hall–Kier alpha value is -3.41. The van der Waals surface area contributed by atoms with Gasteiger partial charge >= 0.3 is 17.9 Å². The minimum absolute atomic E-state index is 0.108. The summed E-state index contributed by atoms with van der Waals surface area (Å²) in [6.07, 6.45) is 52.8. The largest absolute Gasteiger partial charge is 0.462 e. The van der Waals surface area contributed by atoms with E-state index in [1.54, 1.807) is 0 Å². The molecule has 0 fully saturated rings. The highest BCUT2D eigenvalue weighted by molar-refractivity contribution is 5.71. The van der Waals surface area contributed by atoms with Gasteiger partial charge in [0.05, 0.1) is 0 Å². The summed E-state index contributed by atoms with van der Waals surface area (Å²) in [7, 11) is 0. The molecule has 306 valence electrons. The Labute approximate surface area is 331 Å². The van der Waals surface area contributed by atoms with Crippen molar-refractivity contribution < 1.29 is 28.6 Å². The van der Waals surface area contributed by atoms with E-state index in [1.165, 1.54) is 57.8 Å². The van der Waals surface area contributed by atoms with Crippen LogP contribution in [0.15, 0.2) is 85.1 Å². The van der Waals surface area contributed by atoms with Crippen molar-refractivity contribution in [2.24, 2.45) is 0 Å². The number of esters is 3. The second-order valence-corrected chi connectivity index (χ2v) is 14.0. The summed E-state index contributed by atoms with van der Waals surface area (Å²) >= 11 is 0. The van der Waals surface area contributed by atoms with Gasteiger partial charge in [-0.15, -0.1) is 0 Å².